The van der Waals surface area contributed by atoms with Crippen molar-refractivity contribution in [3.8, 4) is 11.5 Å². The number of ether oxygens (including phenoxy) is 2. The van der Waals surface area contributed by atoms with Gasteiger partial charge in [0.05, 0.1) is 11.9 Å². The van der Waals surface area contributed by atoms with E-state index in [1.54, 1.807) is 30.0 Å². The van der Waals surface area contributed by atoms with E-state index in [1.807, 2.05) is 13.8 Å². The summed E-state index contributed by atoms with van der Waals surface area (Å²) in [4.78, 5) is 14.2. The number of carbonyl (C=O) groups is 1. The third-order valence-corrected chi connectivity index (χ3v) is 5.16. The summed E-state index contributed by atoms with van der Waals surface area (Å²) in [6.45, 7) is 7.24. The smallest absolute Gasteiger partial charge is 0.246 e. The molecule has 7 nitrogen and oxygen atoms in total. The first kappa shape index (κ1) is 18.4. The number of anilines is 1. The molecule has 0 saturated carbocycles. The Balaban J connectivity index is 2.41. The van der Waals surface area contributed by atoms with E-state index < -0.39 is 16.1 Å². The van der Waals surface area contributed by atoms with Crippen molar-refractivity contribution in [3.63, 3.8) is 0 Å². The van der Waals surface area contributed by atoms with Crippen LogP contribution in [0, 0.1) is 0 Å². The van der Waals surface area contributed by atoms with Crippen molar-refractivity contribution in [2.75, 3.05) is 36.9 Å². The SMILES string of the molecule is CCN(CC)C(=O)[C@@H](C)N(c1ccc2c(c1)OCCO2)S(C)(=O)=O. The molecule has 0 unspecified atom stereocenters. The zero-order chi connectivity index (χ0) is 17.9. The Bertz CT molecular complexity index is 700. The minimum absolute atomic E-state index is 0.236. The summed E-state index contributed by atoms with van der Waals surface area (Å²) >= 11 is 0. The van der Waals surface area contributed by atoms with Crippen molar-refractivity contribution < 1.29 is 22.7 Å². The van der Waals surface area contributed by atoms with Gasteiger partial charge in [-0.1, -0.05) is 0 Å². The first-order chi connectivity index (χ1) is 11.3. The van der Waals surface area contributed by atoms with Gasteiger partial charge in [-0.3, -0.25) is 9.10 Å². The van der Waals surface area contributed by atoms with Gasteiger partial charge in [0.1, 0.15) is 19.3 Å². The second-order valence-corrected chi connectivity index (χ2v) is 7.43. The first-order valence-corrected chi connectivity index (χ1v) is 9.82. The molecule has 2 rings (SSSR count). The fraction of sp³-hybridized carbons (Fsp3) is 0.562. The zero-order valence-corrected chi connectivity index (χ0v) is 15.3. The molecular weight excluding hydrogens is 332 g/mol. The summed E-state index contributed by atoms with van der Waals surface area (Å²) in [6, 6.07) is 4.04. The minimum Gasteiger partial charge on any atom is -0.486 e. The molecule has 1 aliphatic heterocycles. The highest BCUT2D eigenvalue weighted by Crippen LogP contribution is 2.35. The van der Waals surface area contributed by atoms with Crippen LogP contribution in [0.3, 0.4) is 0 Å². The lowest BCUT2D eigenvalue weighted by atomic mass is 10.2. The molecule has 8 heteroatoms. The maximum absolute atomic E-state index is 12.6. The molecule has 1 aromatic rings. The van der Waals surface area contributed by atoms with Crippen molar-refractivity contribution in [3.05, 3.63) is 18.2 Å². The molecular formula is C16H24N2O5S. The van der Waals surface area contributed by atoms with E-state index in [0.29, 0.717) is 43.5 Å². The summed E-state index contributed by atoms with van der Waals surface area (Å²) in [7, 11) is -3.65. The van der Waals surface area contributed by atoms with Crippen LogP contribution < -0.4 is 13.8 Å². The fourth-order valence-corrected chi connectivity index (χ4v) is 3.93. The molecule has 1 atom stereocenters. The van der Waals surface area contributed by atoms with Crippen LogP contribution in [0.2, 0.25) is 0 Å². The lowest BCUT2D eigenvalue weighted by Gasteiger charge is -2.32. The van der Waals surface area contributed by atoms with E-state index in [2.05, 4.69) is 0 Å². The van der Waals surface area contributed by atoms with Gasteiger partial charge in [-0.15, -0.1) is 0 Å². The number of amides is 1. The number of sulfonamides is 1. The van der Waals surface area contributed by atoms with Gasteiger partial charge in [0.2, 0.25) is 15.9 Å². The number of rotatable bonds is 6. The number of fused-ring (bicyclic) bond motifs is 1. The van der Waals surface area contributed by atoms with E-state index in [9.17, 15) is 13.2 Å². The standard InChI is InChI=1S/C16H24N2O5S/c1-5-17(6-2)16(19)12(3)18(24(4,20)21)13-7-8-14-15(11-13)23-10-9-22-14/h7-8,11-12H,5-6,9-10H2,1-4H3/t12-/m1/s1. The third kappa shape index (κ3) is 3.75. The molecule has 0 fully saturated rings. The third-order valence-electron chi connectivity index (χ3n) is 3.92. The van der Waals surface area contributed by atoms with Crippen LogP contribution >= 0.6 is 0 Å². The predicted molar refractivity (Wildman–Crippen MR) is 92.1 cm³/mol. The number of hydrogen-bond acceptors (Lipinski definition) is 5. The van der Waals surface area contributed by atoms with Crippen LogP contribution in [0.5, 0.6) is 11.5 Å². The highest BCUT2D eigenvalue weighted by molar-refractivity contribution is 7.92. The van der Waals surface area contributed by atoms with Gasteiger partial charge in [0, 0.05) is 19.2 Å². The van der Waals surface area contributed by atoms with Gasteiger partial charge in [-0.05, 0) is 32.9 Å². The molecule has 1 aromatic carbocycles. The Morgan fingerprint density at radius 2 is 1.75 bits per heavy atom. The molecule has 0 radical (unpaired) electrons. The summed E-state index contributed by atoms with van der Waals surface area (Å²) in [5.74, 6) is 0.816. The average Bonchev–Trinajstić information content (AvgIpc) is 2.54. The molecule has 24 heavy (non-hydrogen) atoms. The largest absolute Gasteiger partial charge is 0.486 e. The topological polar surface area (TPSA) is 76.2 Å². The monoisotopic (exact) mass is 356 g/mol. The van der Waals surface area contributed by atoms with Gasteiger partial charge in [0.15, 0.2) is 11.5 Å². The number of likely N-dealkylation sites (N-methyl/N-ethyl adjacent to an activating group) is 1. The number of benzene rings is 1. The van der Waals surface area contributed by atoms with Crippen LogP contribution in [0.25, 0.3) is 0 Å². The molecule has 0 aliphatic carbocycles. The van der Waals surface area contributed by atoms with E-state index in [-0.39, 0.29) is 5.91 Å². The lowest BCUT2D eigenvalue weighted by molar-refractivity contribution is -0.131. The lowest BCUT2D eigenvalue weighted by Crippen LogP contribution is -2.49. The van der Waals surface area contributed by atoms with Crippen molar-refractivity contribution in [1.29, 1.82) is 0 Å². The van der Waals surface area contributed by atoms with Gasteiger partial charge in [0.25, 0.3) is 0 Å². The fourth-order valence-electron chi connectivity index (χ4n) is 2.77. The molecule has 0 saturated heterocycles. The van der Waals surface area contributed by atoms with Crippen LogP contribution in [-0.2, 0) is 14.8 Å². The second-order valence-electron chi connectivity index (χ2n) is 5.57. The van der Waals surface area contributed by atoms with E-state index in [4.69, 9.17) is 9.47 Å². The quantitative estimate of drug-likeness (QED) is 0.772. The summed E-state index contributed by atoms with van der Waals surface area (Å²) in [5, 5.41) is 0. The van der Waals surface area contributed by atoms with E-state index >= 15 is 0 Å². The zero-order valence-electron chi connectivity index (χ0n) is 14.5. The molecule has 134 valence electrons. The molecule has 0 aromatic heterocycles. The Morgan fingerprint density at radius 3 is 2.29 bits per heavy atom. The minimum atomic E-state index is -3.65. The molecule has 1 aliphatic rings. The maximum atomic E-state index is 12.6. The van der Waals surface area contributed by atoms with Gasteiger partial charge >= 0.3 is 0 Å². The molecule has 1 amide bonds. The molecule has 0 spiro atoms. The molecule has 0 bridgehead atoms. The number of nitrogens with zero attached hydrogens (tertiary/aromatic N) is 2. The van der Waals surface area contributed by atoms with Gasteiger partial charge in [-0.2, -0.15) is 0 Å². The van der Waals surface area contributed by atoms with Crippen LogP contribution in [0.15, 0.2) is 18.2 Å². The van der Waals surface area contributed by atoms with Gasteiger partial charge < -0.3 is 14.4 Å². The van der Waals surface area contributed by atoms with Crippen molar-refractivity contribution in [1.82, 2.24) is 4.90 Å². The average molecular weight is 356 g/mol. The normalized spacial score (nSPS) is 14.8. The van der Waals surface area contributed by atoms with Crippen molar-refractivity contribution >= 4 is 21.6 Å². The van der Waals surface area contributed by atoms with E-state index in [1.165, 1.54) is 0 Å². The second kappa shape index (κ2) is 7.29. The van der Waals surface area contributed by atoms with Crippen LogP contribution in [-0.4, -0.2) is 57.8 Å². The predicted octanol–water partition coefficient (Wildman–Crippen LogP) is 1.48. The van der Waals surface area contributed by atoms with Crippen molar-refractivity contribution in [2.45, 2.75) is 26.8 Å². The Labute approximate surface area is 143 Å². The number of carbonyl (C=O) groups excluding carboxylic acids is 1. The summed E-state index contributed by atoms with van der Waals surface area (Å²) < 4.78 is 36.8. The Hall–Kier alpha value is -1.96. The highest BCUT2D eigenvalue weighted by atomic mass is 32.2. The highest BCUT2D eigenvalue weighted by Gasteiger charge is 2.32. The Morgan fingerprint density at radius 1 is 1.17 bits per heavy atom. The Kier molecular flexibility index (Phi) is 5.58. The summed E-state index contributed by atoms with van der Waals surface area (Å²) in [6.07, 6.45) is 1.09. The summed E-state index contributed by atoms with van der Waals surface area (Å²) in [5.41, 5.74) is 0.384. The first-order valence-electron chi connectivity index (χ1n) is 7.97. The number of hydrogen-bond donors (Lipinski definition) is 0. The van der Waals surface area contributed by atoms with Crippen LogP contribution in [0.4, 0.5) is 5.69 Å². The molecule has 1 heterocycles. The van der Waals surface area contributed by atoms with Gasteiger partial charge in [-0.25, -0.2) is 8.42 Å². The maximum Gasteiger partial charge on any atom is 0.246 e. The molecule has 0 N–H and O–H groups in total. The van der Waals surface area contributed by atoms with Crippen molar-refractivity contribution in [2.24, 2.45) is 0 Å². The van der Waals surface area contributed by atoms with Crippen LogP contribution in [0.1, 0.15) is 20.8 Å². The van der Waals surface area contributed by atoms with E-state index in [0.717, 1.165) is 10.6 Å².